The molecule has 2 aromatic rings. The molecule has 5 rings (SSSR count). The van der Waals surface area contributed by atoms with E-state index in [1.165, 1.54) is 11.3 Å². The summed E-state index contributed by atoms with van der Waals surface area (Å²) in [5, 5.41) is 1.89. The van der Waals surface area contributed by atoms with Crippen molar-refractivity contribution in [1.29, 1.82) is 0 Å². The average Bonchev–Trinajstić information content (AvgIpc) is 3.46. The Morgan fingerprint density at radius 2 is 2.03 bits per heavy atom. The van der Waals surface area contributed by atoms with Gasteiger partial charge < -0.3 is 14.8 Å². The highest BCUT2D eigenvalue weighted by Crippen LogP contribution is 2.37. The van der Waals surface area contributed by atoms with E-state index in [1.54, 1.807) is 4.90 Å². The third-order valence-corrected chi connectivity index (χ3v) is 7.00. The van der Waals surface area contributed by atoms with Gasteiger partial charge in [-0.25, -0.2) is 4.98 Å². The molecule has 29 heavy (non-hydrogen) atoms. The van der Waals surface area contributed by atoms with Gasteiger partial charge in [-0.1, -0.05) is 6.07 Å². The molecule has 1 atom stereocenters. The zero-order chi connectivity index (χ0) is 20.0. The van der Waals surface area contributed by atoms with Gasteiger partial charge in [0, 0.05) is 24.6 Å². The van der Waals surface area contributed by atoms with Gasteiger partial charge in [0.2, 0.25) is 5.91 Å². The van der Waals surface area contributed by atoms with Crippen molar-refractivity contribution in [2.75, 3.05) is 13.1 Å². The number of fused-ring (bicyclic) bond motifs is 1. The van der Waals surface area contributed by atoms with Crippen LogP contribution in [0.4, 0.5) is 0 Å². The van der Waals surface area contributed by atoms with Gasteiger partial charge in [0.25, 0.3) is 11.5 Å². The highest BCUT2D eigenvalue weighted by Gasteiger charge is 2.39. The smallest absolute Gasteiger partial charge is 0.264 e. The largest absolute Gasteiger partial charge is 0.332 e. The lowest BCUT2D eigenvalue weighted by molar-refractivity contribution is -0.136. The standard InChI is InChI=1S/C21H24N4O3S/c26-19-14-8-10-24(21(28)17-5-3-11-29-17)12-15(14)22-18(23-19)16-4-1-2-9-25(16)20(27)13-6-7-13/h3,5,11,13,16H,1-2,4,6-10,12H2,(H,22,23,26)/t16-/m0/s1. The zero-order valence-corrected chi connectivity index (χ0v) is 17.0. The number of likely N-dealkylation sites (tertiary alicyclic amines) is 1. The normalized spacial score (nSPS) is 21.7. The van der Waals surface area contributed by atoms with Crippen molar-refractivity contribution in [1.82, 2.24) is 19.8 Å². The first-order valence-corrected chi connectivity index (χ1v) is 11.2. The van der Waals surface area contributed by atoms with Gasteiger partial charge in [-0.05, 0) is 50.0 Å². The minimum Gasteiger partial charge on any atom is -0.332 e. The number of thiophene rings is 1. The highest BCUT2D eigenvalue weighted by atomic mass is 32.1. The molecule has 2 amide bonds. The van der Waals surface area contributed by atoms with Crippen molar-refractivity contribution in [2.45, 2.75) is 51.1 Å². The van der Waals surface area contributed by atoms with E-state index >= 15 is 0 Å². The summed E-state index contributed by atoms with van der Waals surface area (Å²) in [6.07, 6.45) is 5.27. The number of nitrogens with zero attached hydrogens (tertiary/aromatic N) is 3. The molecule has 152 valence electrons. The van der Waals surface area contributed by atoms with E-state index in [0.717, 1.165) is 38.6 Å². The average molecular weight is 413 g/mol. The van der Waals surface area contributed by atoms with Gasteiger partial charge in [0.05, 0.1) is 23.2 Å². The first-order chi connectivity index (χ1) is 14.1. The van der Waals surface area contributed by atoms with Crippen LogP contribution >= 0.6 is 11.3 Å². The van der Waals surface area contributed by atoms with Crippen LogP contribution in [-0.4, -0.2) is 44.7 Å². The zero-order valence-electron chi connectivity index (χ0n) is 16.2. The molecule has 0 unspecified atom stereocenters. The Bertz CT molecular complexity index is 996. The van der Waals surface area contributed by atoms with Gasteiger partial charge >= 0.3 is 0 Å². The first kappa shape index (κ1) is 18.5. The second-order valence-corrected chi connectivity index (χ2v) is 9.10. The molecule has 1 saturated carbocycles. The molecule has 0 bridgehead atoms. The van der Waals surface area contributed by atoms with Crippen LogP contribution in [-0.2, 0) is 17.8 Å². The van der Waals surface area contributed by atoms with Crippen LogP contribution in [0.3, 0.4) is 0 Å². The Balaban J connectivity index is 1.43. The Hall–Kier alpha value is -2.48. The number of rotatable bonds is 3. The van der Waals surface area contributed by atoms with Crippen LogP contribution in [0.1, 0.15) is 64.9 Å². The molecule has 2 aromatic heterocycles. The van der Waals surface area contributed by atoms with Gasteiger partial charge in [-0.15, -0.1) is 11.3 Å². The molecular formula is C21H24N4O3S. The number of nitrogens with one attached hydrogen (secondary N) is 1. The van der Waals surface area contributed by atoms with E-state index in [-0.39, 0.29) is 29.3 Å². The van der Waals surface area contributed by atoms with Crippen LogP contribution in [0.2, 0.25) is 0 Å². The summed E-state index contributed by atoms with van der Waals surface area (Å²) in [6, 6.07) is 3.52. The summed E-state index contributed by atoms with van der Waals surface area (Å²) < 4.78 is 0. The molecule has 1 aliphatic carbocycles. The number of amides is 2. The molecule has 7 nitrogen and oxygen atoms in total. The van der Waals surface area contributed by atoms with Gasteiger partial charge in [0.1, 0.15) is 5.82 Å². The molecule has 0 spiro atoms. The molecule has 1 N–H and O–H groups in total. The van der Waals surface area contributed by atoms with Crippen molar-refractivity contribution in [3.8, 4) is 0 Å². The fourth-order valence-electron chi connectivity index (χ4n) is 4.39. The molecule has 8 heteroatoms. The van der Waals surface area contributed by atoms with Crippen LogP contribution in [0, 0.1) is 5.92 Å². The molecule has 4 heterocycles. The fraction of sp³-hybridized carbons (Fsp3) is 0.524. The van der Waals surface area contributed by atoms with E-state index in [2.05, 4.69) is 4.98 Å². The fourth-order valence-corrected chi connectivity index (χ4v) is 5.08. The van der Waals surface area contributed by atoms with Crippen molar-refractivity contribution < 1.29 is 9.59 Å². The summed E-state index contributed by atoms with van der Waals surface area (Å²) in [4.78, 5) is 50.4. The highest BCUT2D eigenvalue weighted by molar-refractivity contribution is 7.12. The lowest BCUT2D eigenvalue weighted by Gasteiger charge is -2.36. The van der Waals surface area contributed by atoms with Crippen molar-refractivity contribution in [2.24, 2.45) is 5.92 Å². The summed E-state index contributed by atoms with van der Waals surface area (Å²) >= 11 is 1.42. The summed E-state index contributed by atoms with van der Waals surface area (Å²) in [5.74, 6) is 0.911. The predicted octanol–water partition coefficient (Wildman–Crippen LogP) is 2.49. The Labute approximate surface area is 172 Å². The van der Waals surface area contributed by atoms with Gasteiger partial charge in [-0.2, -0.15) is 0 Å². The van der Waals surface area contributed by atoms with Crippen LogP contribution in [0.5, 0.6) is 0 Å². The number of carbonyl (C=O) groups excluding carboxylic acids is 2. The second-order valence-electron chi connectivity index (χ2n) is 8.15. The molecule has 2 fully saturated rings. The van der Waals surface area contributed by atoms with Gasteiger partial charge in [0.15, 0.2) is 0 Å². The minimum absolute atomic E-state index is 0.0162. The SMILES string of the molecule is O=C(c1cccs1)N1CCc2c(nc([C@@H]3CCCCN3C(=O)C3CC3)[nH]c2=O)C1. The Kier molecular flexibility index (Phi) is 4.73. The summed E-state index contributed by atoms with van der Waals surface area (Å²) in [5.41, 5.74) is 1.21. The number of carbonyl (C=O) groups is 2. The molecule has 3 aliphatic rings. The van der Waals surface area contributed by atoms with Crippen LogP contribution in [0.25, 0.3) is 0 Å². The first-order valence-electron chi connectivity index (χ1n) is 10.4. The molecular weight excluding hydrogens is 388 g/mol. The van der Waals surface area contributed by atoms with E-state index in [9.17, 15) is 14.4 Å². The number of H-pyrrole nitrogens is 1. The number of piperidine rings is 1. The molecule has 1 saturated heterocycles. The monoisotopic (exact) mass is 412 g/mol. The second kappa shape index (κ2) is 7.40. The van der Waals surface area contributed by atoms with Gasteiger partial charge in [-0.3, -0.25) is 14.4 Å². The summed E-state index contributed by atoms with van der Waals surface area (Å²) in [7, 11) is 0. The maximum absolute atomic E-state index is 12.8. The van der Waals surface area contributed by atoms with Crippen molar-refractivity contribution >= 4 is 23.2 Å². The quantitative estimate of drug-likeness (QED) is 0.839. The molecule has 0 radical (unpaired) electrons. The number of aromatic nitrogens is 2. The molecule has 0 aromatic carbocycles. The van der Waals surface area contributed by atoms with E-state index in [4.69, 9.17) is 4.98 Å². The lowest BCUT2D eigenvalue weighted by atomic mass is 9.99. The van der Waals surface area contributed by atoms with Crippen LogP contribution < -0.4 is 5.56 Å². The van der Waals surface area contributed by atoms with E-state index < -0.39 is 0 Å². The lowest BCUT2D eigenvalue weighted by Crippen LogP contribution is -2.42. The minimum atomic E-state index is -0.168. The number of hydrogen-bond donors (Lipinski definition) is 1. The Morgan fingerprint density at radius 1 is 1.17 bits per heavy atom. The Morgan fingerprint density at radius 3 is 2.79 bits per heavy atom. The third kappa shape index (κ3) is 3.50. The van der Waals surface area contributed by atoms with E-state index in [1.807, 2.05) is 22.4 Å². The van der Waals surface area contributed by atoms with Crippen molar-refractivity contribution in [3.63, 3.8) is 0 Å². The topological polar surface area (TPSA) is 86.4 Å². The number of hydrogen-bond acceptors (Lipinski definition) is 5. The van der Waals surface area contributed by atoms with Crippen LogP contribution in [0.15, 0.2) is 22.3 Å². The third-order valence-electron chi connectivity index (χ3n) is 6.14. The summed E-state index contributed by atoms with van der Waals surface area (Å²) in [6.45, 7) is 1.58. The maximum Gasteiger partial charge on any atom is 0.264 e. The number of aromatic amines is 1. The van der Waals surface area contributed by atoms with E-state index in [0.29, 0.717) is 41.5 Å². The maximum atomic E-state index is 12.8. The van der Waals surface area contributed by atoms with Crippen molar-refractivity contribution in [3.05, 3.63) is 49.8 Å². The predicted molar refractivity (Wildman–Crippen MR) is 109 cm³/mol. The molecule has 2 aliphatic heterocycles.